The number of aromatic nitrogens is 2. The van der Waals surface area contributed by atoms with Crippen LogP contribution in [0.1, 0.15) is 15.7 Å². The molecule has 2 aromatic carbocycles. The average molecular weight is 428 g/mol. The molecule has 1 unspecified atom stereocenters. The average Bonchev–Trinajstić information content (AvgIpc) is 3.29. The number of carbonyl (C=O) groups is 2. The van der Waals surface area contributed by atoms with Gasteiger partial charge < -0.3 is 15.6 Å². The molecule has 4 rings (SSSR count). The van der Waals surface area contributed by atoms with Crippen LogP contribution in [-0.4, -0.2) is 40.1 Å². The van der Waals surface area contributed by atoms with Gasteiger partial charge in [-0.2, -0.15) is 5.10 Å². The van der Waals surface area contributed by atoms with Crippen LogP contribution in [0.2, 0.25) is 0 Å². The second-order valence-electron chi connectivity index (χ2n) is 6.28. The van der Waals surface area contributed by atoms with Crippen molar-refractivity contribution < 1.29 is 19.4 Å². The highest BCUT2D eigenvalue weighted by Gasteiger charge is 2.27. The number of nitrogens with two attached hydrogens (primary N) is 1. The van der Waals surface area contributed by atoms with Crippen molar-refractivity contribution >= 4 is 56.0 Å². The fourth-order valence-corrected chi connectivity index (χ4v) is 5.02. The van der Waals surface area contributed by atoms with Gasteiger partial charge in [-0.1, -0.05) is 18.2 Å². The first-order valence-electron chi connectivity index (χ1n) is 8.59. The molecule has 2 aromatic heterocycles. The zero-order valence-corrected chi connectivity index (χ0v) is 17.2. The normalized spacial score (nSPS) is 12.3. The third-order valence-electron chi connectivity index (χ3n) is 4.61. The fraction of sp³-hybridized carbons (Fsp3) is 0.150. The summed E-state index contributed by atoms with van der Waals surface area (Å²) in [6.07, 6.45) is 1.77. The van der Waals surface area contributed by atoms with Gasteiger partial charge in [-0.25, -0.2) is 9.48 Å². The number of primary amides is 1. The molecule has 3 N–H and O–H groups in total. The summed E-state index contributed by atoms with van der Waals surface area (Å²) in [6, 6.07) is 13.0. The number of amides is 1. The fourth-order valence-electron chi connectivity index (χ4n) is 3.37. The summed E-state index contributed by atoms with van der Waals surface area (Å²) in [7, 11) is 1.42. The molecular formula is C20H17N3O4S2. The zero-order valence-electron chi connectivity index (χ0n) is 15.6. The van der Waals surface area contributed by atoms with E-state index >= 15 is 0 Å². The molecule has 1 amide bonds. The third kappa shape index (κ3) is 3.12. The van der Waals surface area contributed by atoms with E-state index < -0.39 is 17.3 Å². The molecule has 2 heterocycles. The summed E-state index contributed by atoms with van der Waals surface area (Å²) < 4.78 is 8.11. The van der Waals surface area contributed by atoms with Crippen molar-refractivity contribution in [2.45, 2.75) is 5.37 Å². The molecule has 148 valence electrons. The summed E-state index contributed by atoms with van der Waals surface area (Å²) in [4.78, 5) is 24.6. The highest BCUT2D eigenvalue weighted by Crippen LogP contribution is 2.43. The number of benzene rings is 2. The van der Waals surface area contributed by atoms with Crippen molar-refractivity contribution in [2.24, 2.45) is 5.73 Å². The molecule has 4 aromatic rings. The number of nitrogens with zero attached hydrogens (tertiary/aromatic N) is 2. The van der Waals surface area contributed by atoms with E-state index in [1.165, 1.54) is 41.0 Å². The van der Waals surface area contributed by atoms with Gasteiger partial charge in [0, 0.05) is 4.70 Å². The van der Waals surface area contributed by atoms with Gasteiger partial charge in [-0.05, 0) is 35.9 Å². The number of carboxylic acid groups (broad SMARTS) is 1. The van der Waals surface area contributed by atoms with Crippen LogP contribution in [0.4, 0.5) is 0 Å². The lowest BCUT2D eigenvalue weighted by molar-refractivity contribution is -0.118. The van der Waals surface area contributed by atoms with E-state index in [-0.39, 0.29) is 11.3 Å². The minimum atomic E-state index is -1.10. The highest BCUT2D eigenvalue weighted by molar-refractivity contribution is 7.99. The highest BCUT2D eigenvalue weighted by atomic mass is 32.2. The first-order chi connectivity index (χ1) is 14.0. The molecule has 1 atom stereocenters. The molecule has 0 aliphatic heterocycles. The van der Waals surface area contributed by atoms with Gasteiger partial charge in [0.25, 0.3) is 5.91 Å². The Kier molecular flexibility index (Phi) is 4.93. The topological polar surface area (TPSA) is 107 Å². The SMILES string of the molecule is COc1c(C(=O)O)ccc2c1c(-c1cc3ccccc3s1)nn2C(SC)C(N)=O. The summed E-state index contributed by atoms with van der Waals surface area (Å²) in [6.45, 7) is 0. The maximum Gasteiger partial charge on any atom is 0.339 e. The van der Waals surface area contributed by atoms with Crippen molar-refractivity contribution in [1.82, 2.24) is 9.78 Å². The summed E-state index contributed by atoms with van der Waals surface area (Å²) in [5.41, 5.74) is 6.75. The van der Waals surface area contributed by atoms with E-state index in [0.717, 1.165) is 15.0 Å². The molecule has 0 fully saturated rings. The van der Waals surface area contributed by atoms with E-state index in [2.05, 4.69) is 5.10 Å². The van der Waals surface area contributed by atoms with Crippen LogP contribution in [0.25, 0.3) is 31.6 Å². The number of thioether (sulfide) groups is 1. The molecule has 0 aliphatic rings. The Bertz CT molecular complexity index is 1230. The number of rotatable bonds is 6. The Labute approximate surface area is 174 Å². The Hall–Kier alpha value is -3.04. The van der Waals surface area contributed by atoms with E-state index in [4.69, 9.17) is 10.5 Å². The van der Waals surface area contributed by atoms with Crippen LogP contribution in [-0.2, 0) is 4.79 Å². The summed E-state index contributed by atoms with van der Waals surface area (Å²) >= 11 is 2.79. The van der Waals surface area contributed by atoms with Crippen LogP contribution in [0, 0.1) is 0 Å². The van der Waals surface area contributed by atoms with Gasteiger partial charge in [0.1, 0.15) is 17.0 Å². The largest absolute Gasteiger partial charge is 0.495 e. The van der Waals surface area contributed by atoms with Crippen LogP contribution in [0.5, 0.6) is 5.75 Å². The van der Waals surface area contributed by atoms with Crippen LogP contribution >= 0.6 is 23.1 Å². The lowest BCUT2D eigenvalue weighted by atomic mass is 10.1. The minimum Gasteiger partial charge on any atom is -0.495 e. The third-order valence-corrected chi connectivity index (χ3v) is 6.61. The summed E-state index contributed by atoms with van der Waals surface area (Å²) in [5, 5.41) is 15.1. The standard InChI is InChI=1S/C20H17N3O4S2/c1-27-17-11(20(25)26)7-8-12-15(17)16(22-23(12)19(28-2)18(21)24)14-9-10-5-3-4-6-13(10)29-14/h3-9,19H,1-2H3,(H2,21,24)(H,25,26). The summed E-state index contributed by atoms with van der Waals surface area (Å²) in [5.74, 6) is -1.43. The number of aromatic carboxylic acids is 1. The number of fused-ring (bicyclic) bond motifs is 2. The Balaban J connectivity index is 2.10. The van der Waals surface area contributed by atoms with Crippen molar-refractivity contribution in [3.05, 3.63) is 48.0 Å². The maximum atomic E-state index is 12.0. The van der Waals surface area contributed by atoms with Crippen molar-refractivity contribution in [2.75, 3.05) is 13.4 Å². The van der Waals surface area contributed by atoms with E-state index in [1.54, 1.807) is 12.3 Å². The second-order valence-corrected chi connectivity index (χ2v) is 8.28. The zero-order chi connectivity index (χ0) is 20.7. The van der Waals surface area contributed by atoms with Gasteiger partial charge in [0.15, 0.2) is 5.37 Å². The number of thiophene rings is 1. The van der Waals surface area contributed by atoms with Crippen molar-refractivity contribution in [1.29, 1.82) is 0 Å². The Morgan fingerprint density at radius 1 is 1.28 bits per heavy atom. The van der Waals surface area contributed by atoms with Gasteiger partial charge in [0.05, 0.1) is 22.9 Å². The smallest absolute Gasteiger partial charge is 0.339 e. The van der Waals surface area contributed by atoms with Crippen LogP contribution in [0.3, 0.4) is 0 Å². The molecule has 0 spiro atoms. The molecule has 29 heavy (non-hydrogen) atoms. The molecule has 0 bridgehead atoms. The number of carbonyl (C=O) groups excluding carboxylic acids is 1. The van der Waals surface area contributed by atoms with Crippen molar-refractivity contribution in [3.8, 4) is 16.3 Å². The van der Waals surface area contributed by atoms with Crippen LogP contribution < -0.4 is 10.5 Å². The monoisotopic (exact) mass is 427 g/mol. The quantitative estimate of drug-likeness (QED) is 0.482. The lowest BCUT2D eigenvalue weighted by Crippen LogP contribution is -2.24. The Morgan fingerprint density at radius 2 is 2.03 bits per heavy atom. The predicted molar refractivity (Wildman–Crippen MR) is 116 cm³/mol. The Morgan fingerprint density at radius 3 is 2.66 bits per heavy atom. The van der Waals surface area contributed by atoms with Crippen LogP contribution in [0.15, 0.2) is 42.5 Å². The van der Waals surface area contributed by atoms with Crippen molar-refractivity contribution in [3.63, 3.8) is 0 Å². The van der Waals surface area contributed by atoms with Gasteiger partial charge in [-0.3, -0.25) is 4.79 Å². The first kappa shape index (κ1) is 19.3. The molecule has 7 nitrogen and oxygen atoms in total. The van der Waals surface area contributed by atoms with Gasteiger partial charge >= 0.3 is 5.97 Å². The molecule has 0 aliphatic carbocycles. The minimum absolute atomic E-state index is 0.0293. The number of carboxylic acids is 1. The molecule has 0 saturated carbocycles. The van der Waals surface area contributed by atoms with E-state index in [0.29, 0.717) is 16.6 Å². The van der Waals surface area contributed by atoms with Gasteiger partial charge in [0.2, 0.25) is 0 Å². The van der Waals surface area contributed by atoms with E-state index in [9.17, 15) is 14.7 Å². The maximum absolute atomic E-state index is 12.0. The number of hydrogen-bond donors (Lipinski definition) is 2. The van der Waals surface area contributed by atoms with Gasteiger partial charge in [-0.15, -0.1) is 23.1 Å². The second kappa shape index (κ2) is 7.41. The lowest BCUT2D eigenvalue weighted by Gasteiger charge is -2.13. The number of hydrogen-bond acceptors (Lipinski definition) is 6. The molecule has 9 heteroatoms. The molecule has 0 saturated heterocycles. The molecular weight excluding hydrogens is 410 g/mol. The predicted octanol–water partition coefficient (Wildman–Crippen LogP) is 3.97. The first-order valence-corrected chi connectivity index (χ1v) is 10.7. The van der Waals surface area contributed by atoms with E-state index in [1.807, 2.05) is 30.3 Å². The number of methoxy groups -OCH3 is 1. The molecule has 0 radical (unpaired) electrons. The number of ether oxygens (including phenoxy) is 1.